The highest BCUT2D eigenvalue weighted by Crippen LogP contribution is 2.34. The van der Waals surface area contributed by atoms with Gasteiger partial charge in [-0.1, -0.05) is 6.07 Å². The molecular formula is C15H18N6O2. The Morgan fingerprint density at radius 3 is 2.65 bits per heavy atom. The Bertz CT molecular complexity index is 715. The lowest BCUT2D eigenvalue weighted by molar-refractivity contribution is -0.383. The third-order valence-electron chi connectivity index (χ3n) is 3.89. The molecule has 1 aliphatic heterocycles. The second-order valence-corrected chi connectivity index (χ2v) is 5.49. The summed E-state index contributed by atoms with van der Waals surface area (Å²) in [5.74, 6) is 1.10. The molecule has 1 aliphatic rings. The van der Waals surface area contributed by atoms with Crippen molar-refractivity contribution in [3.63, 3.8) is 0 Å². The van der Waals surface area contributed by atoms with Gasteiger partial charge in [0.15, 0.2) is 0 Å². The highest BCUT2D eigenvalue weighted by Gasteiger charge is 2.28. The van der Waals surface area contributed by atoms with E-state index in [0.29, 0.717) is 11.6 Å². The van der Waals surface area contributed by atoms with E-state index in [1.54, 1.807) is 6.20 Å². The third kappa shape index (κ3) is 3.20. The number of aromatic nitrogens is 3. The van der Waals surface area contributed by atoms with Crippen LogP contribution in [-0.4, -0.2) is 33.0 Å². The number of piperidine rings is 1. The summed E-state index contributed by atoms with van der Waals surface area (Å²) in [4.78, 5) is 25.6. The van der Waals surface area contributed by atoms with Gasteiger partial charge in [0.25, 0.3) is 0 Å². The van der Waals surface area contributed by atoms with Crippen molar-refractivity contribution < 1.29 is 4.92 Å². The van der Waals surface area contributed by atoms with Crippen LogP contribution >= 0.6 is 0 Å². The van der Waals surface area contributed by atoms with Crippen molar-refractivity contribution in [2.45, 2.75) is 26.2 Å². The number of aryl methyl sites for hydroxylation is 1. The first-order valence-corrected chi connectivity index (χ1v) is 7.60. The molecule has 3 rings (SSSR count). The van der Waals surface area contributed by atoms with E-state index in [9.17, 15) is 10.1 Å². The number of hydrogen-bond acceptors (Lipinski definition) is 7. The molecule has 0 atom stereocenters. The molecule has 0 aromatic carbocycles. The molecule has 2 aromatic rings. The quantitative estimate of drug-likeness (QED) is 0.684. The number of anilines is 3. The average molecular weight is 314 g/mol. The Morgan fingerprint density at radius 1 is 1.17 bits per heavy atom. The van der Waals surface area contributed by atoms with Crippen LogP contribution in [0.25, 0.3) is 0 Å². The molecule has 8 nitrogen and oxygen atoms in total. The van der Waals surface area contributed by atoms with Gasteiger partial charge in [-0.3, -0.25) is 10.1 Å². The van der Waals surface area contributed by atoms with Gasteiger partial charge >= 0.3 is 5.69 Å². The van der Waals surface area contributed by atoms with Crippen LogP contribution in [0.2, 0.25) is 0 Å². The predicted octanol–water partition coefficient (Wildman–Crippen LogP) is 2.82. The normalized spacial score (nSPS) is 14.6. The first kappa shape index (κ1) is 15.1. The van der Waals surface area contributed by atoms with Gasteiger partial charge in [-0.2, -0.15) is 0 Å². The Balaban J connectivity index is 2.00. The van der Waals surface area contributed by atoms with Gasteiger partial charge in [0.05, 0.1) is 4.92 Å². The van der Waals surface area contributed by atoms with Crippen molar-refractivity contribution in [2.24, 2.45) is 0 Å². The molecule has 0 spiro atoms. The summed E-state index contributed by atoms with van der Waals surface area (Å²) < 4.78 is 0. The van der Waals surface area contributed by atoms with Crippen molar-refractivity contribution in [2.75, 3.05) is 23.3 Å². The fraction of sp³-hybridized carbons (Fsp3) is 0.400. The highest BCUT2D eigenvalue weighted by atomic mass is 16.6. The van der Waals surface area contributed by atoms with Gasteiger partial charge in [-0.25, -0.2) is 15.0 Å². The maximum absolute atomic E-state index is 11.6. The molecule has 0 bridgehead atoms. The number of nitrogens with one attached hydrogen (secondary N) is 1. The monoisotopic (exact) mass is 314 g/mol. The highest BCUT2D eigenvalue weighted by molar-refractivity contribution is 5.74. The lowest BCUT2D eigenvalue weighted by Crippen LogP contribution is -2.31. The molecule has 0 aliphatic carbocycles. The average Bonchev–Trinajstić information content (AvgIpc) is 2.57. The molecule has 2 aromatic heterocycles. The van der Waals surface area contributed by atoms with Gasteiger partial charge in [0.1, 0.15) is 12.1 Å². The molecular weight excluding hydrogens is 296 g/mol. The molecule has 3 heterocycles. The van der Waals surface area contributed by atoms with Gasteiger partial charge in [-0.05, 0) is 37.8 Å². The van der Waals surface area contributed by atoms with E-state index in [4.69, 9.17) is 0 Å². The van der Waals surface area contributed by atoms with Crippen molar-refractivity contribution >= 4 is 23.1 Å². The molecule has 0 saturated carbocycles. The van der Waals surface area contributed by atoms with E-state index < -0.39 is 4.92 Å². The Morgan fingerprint density at radius 2 is 1.96 bits per heavy atom. The molecule has 120 valence electrons. The van der Waals surface area contributed by atoms with E-state index in [1.165, 1.54) is 6.33 Å². The van der Waals surface area contributed by atoms with Gasteiger partial charge in [0, 0.05) is 19.3 Å². The fourth-order valence-corrected chi connectivity index (χ4v) is 2.69. The standard InChI is InChI=1S/C15H18N6O2/c1-11-6-5-7-16-13(11)19-14-12(21(22)23)15(18-10-17-14)20-8-3-2-4-9-20/h5-7,10H,2-4,8-9H2,1H3,(H,16,17,18,19). The van der Waals surface area contributed by atoms with Crippen molar-refractivity contribution in [1.29, 1.82) is 0 Å². The summed E-state index contributed by atoms with van der Waals surface area (Å²) in [5.41, 5.74) is 0.791. The van der Waals surface area contributed by atoms with Crippen LogP contribution in [0.15, 0.2) is 24.7 Å². The summed E-state index contributed by atoms with van der Waals surface area (Å²) in [7, 11) is 0. The minimum absolute atomic E-state index is 0.0977. The van der Waals surface area contributed by atoms with Crippen molar-refractivity contribution in [3.8, 4) is 0 Å². The maximum Gasteiger partial charge on any atom is 0.353 e. The summed E-state index contributed by atoms with van der Waals surface area (Å²) in [6.45, 7) is 3.44. The second kappa shape index (κ2) is 6.55. The lowest BCUT2D eigenvalue weighted by atomic mass is 10.1. The van der Waals surface area contributed by atoms with Crippen LogP contribution < -0.4 is 10.2 Å². The zero-order valence-electron chi connectivity index (χ0n) is 12.9. The number of pyridine rings is 1. The van der Waals surface area contributed by atoms with Gasteiger partial charge in [0.2, 0.25) is 11.6 Å². The minimum atomic E-state index is -0.426. The van der Waals surface area contributed by atoms with Crippen LogP contribution in [0, 0.1) is 17.0 Å². The summed E-state index contributed by atoms with van der Waals surface area (Å²) in [6, 6.07) is 3.70. The summed E-state index contributed by atoms with van der Waals surface area (Å²) in [5, 5.41) is 14.6. The first-order valence-electron chi connectivity index (χ1n) is 7.60. The van der Waals surface area contributed by atoms with E-state index in [-0.39, 0.29) is 11.5 Å². The van der Waals surface area contributed by atoms with Crippen molar-refractivity contribution in [3.05, 3.63) is 40.3 Å². The second-order valence-electron chi connectivity index (χ2n) is 5.49. The predicted molar refractivity (Wildman–Crippen MR) is 87.0 cm³/mol. The molecule has 8 heteroatoms. The molecule has 0 unspecified atom stereocenters. The topological polar surface area (TPSA) is 97.1 Å². The van der Waals surface area contributed by atoms with E-state index in [0.717, 1.165) is 37.9 Å². The SMILES string of the molecule is Cc1cccnc1Nc1ncnc(N2CCCCC2)c1[N+](=O)[O-]. The first-order chi connectivity index (χ1) is 11.2. The van der Waals surface area contributed by atoms with E-state index in [2.05, 4.69) is 20.3 Å². The Hall–Kier alpha value is -2.77. The van der Waals surface area contributed by atoms with E-state index in [1.807, 2.05) is 24.0 Å². The maximum atomic E-state index is 11.6. The molecule has 23 heavy (non-hydrogen) atoms. The van der Waals surface area contributed by atoms with Gasteiger partial charge in [-0.15, -0.1) is 0 Å². The van der Waals surface area contributed by atoms with Crippen LogP contribution in [0.3, 0.4) is 0 Å². The zero-order chi connectivity index (χ0) is 16.2. The number of hydrogen-bond donors (Lipinski definition) is 1. The van der Waals surface area contributed by atoms with Crippen molar-refractivity contribution in [1.82, 2.24) is 15.0 Å². The Kier molecular flexibility index (Phi) is 4.31. The smallest absolute Gasteiger partial charge is 0.351 e. The number of nitro groups is 1. The third-order valence-corrected chi connectivity index (χ3v) is 3.89. The van der Waals surface area contributed by atoms with E-state index >= 15 is 0 Å². The van der Waals surface area contributed by atoms with Crippen LogP contribution in [0.5, 0.6) is 0 Å². The fourth-order valence-electron chi connectivity index (χ4n) is 2.69. The lowest BCUT2D eigenvalue weighted by Gasteiger charge is -2.27. The molecule has 1 fully saturated rings. The molecule has 0 amide bonds. The number of nitrogens with zero attached hydrogens (tertiary/aromatic N) is 5. The largest absolute Gasteiger partial charge is 0.353 e. The molecule has 1 saturated heterocycles. The van der Waals surface area contributed by atoms with Gasteiger partial charge < -0.3 is 10.2 Å². The zero-order valence-corrected chi connectivity index (χ0v) is 12.9. The molecule has 0 radical (unpaired) electrons. The van der Waals surface area contributed by atoms with Crippen LogP contribution in [0.4, 0.5) is 23.1 Å². The van der Waals surface area contributed by atoms with Crippen LogP contribution in [-0.2, 0) is 0 Å². The summed E-state index contributed by atoms with van der Waals surface area (Å²) >= 11 is 0. The molecule has 1 N–H and O–H groups in total. The van der Waals surface area contributed by atoms with Crippen LogP contribution in [0.1, 0.15) is 24.8 Å². The Labute approximate surface area is 133 Å². The minimum Gasteiger partial charge on any atom is -0.351 e. The summed E-state index contributed by atoms with van der Waals surface area (Å²) in [6.07, 6.45) is 6.17. The number of rotatable bonds is 4.